The van der Waals surface area contributed by atoms with Crippen LogP contribution < -0.4 is 5.32 Å². The smallest absolute Gasteiger partial charge is 0.130 e. The predicted octanol–water partition coefficient (Wildman–Crippen LogP) is 0.846. The van der Waals surface area contributed by atoms with E-state index in [9.17, 15) is 0 Å². The Hall–Kier alpha value is -1.24. The summed E-state index contributed by atoms with van der Waals surface area (Å²) in [6, 6.07) is 1.96. The van der Waals surface area contributed by atoms with Crippen molar-refractivity contribution >= 4 is 5.82 Å². The number of morpholine rings is 1. The van der Waals surface area contributed by atoms with Crippen LogP contribution >= 0.6 is 0 Å². The molecule has 1 aliphatic heterocycles. The molecule has 19 heavy (non-hydrogen) atoms. The first kappa shape index (κ1) is 14.2. The fourth-order valence-corrected chi connectivity index (χ4v) is 2.08. The highest BCUT2D eigenvalue weighted by atomic mass is 16.5. The zero-order valence-electron chi connectivity index (χ0n) is 11.8. The van der Waals surface area contributed by atoms with Gasteiger partial charge in [-0.25, -0.2) is 9.97 Å². The van der Waals surface area contributed by atoms with Crippen LogP contribution in [0.5, 0.6) is 0 Å². The van der Waals surface area contributed by atoms with Gasteiger partial charge in [0.25, 0.3) is 0 Å². The summed E-state index contributed by atoms with van der Waals surface area (Å²) in [5.74, 6) is 1.59. The maximum atomic E-state index is 5.79. The molecule has 0 saturated carbocycles. The Balaban J connectivity index is 2.07. The van der Waals surface area contributed by atoms with Crippen molar-refractivity contribution in [3.05, 3.63) is 17.6 Å². The Kier molecular flexibility index (Phi) is 5.07. The lowest BCUT2D eigenvalue weighted by atomic mass is 10.2. The van der Waals surface area contributed by atoms with E-state index in [1.54, 1.807) is 7.11 Å². The molecule has 1 saturated heterocycles. The van der Waals surface area contributed by atoms with E-state index in [4.69, 9.17) is 9.47 Å². The van der Waals surface area contributed by atoms with Gasteiger partial charge in [0.1, 0.15) is 17.7 Å². The van der Waals surface area contributed by atoms with Crippen molar-refractivity contribution in [2.24, 2.45) is 0 Å². The number of anilines is 1. The topological polar surface area (TPSA) is 59.5 Å². The molecule has 2 rings (SSSR count). The van der Waals surface area contributed by atoms with Crippen molar-refractivity contribution in [1.29, 1.82) is 0 Å². The van der Waals surface area contributed by atoms with Gasteiger partial charge in [-0.3, -0.25) is 0 Å². The second kappa shape index (κ2) is 6.79. The quantitative estimate of drug-likeness (QED) is 0.797. The van der Waals surface area contributed by atoms with E-state index in [1.165, 1.54) is 0 Å². The number of nitrogens with zero attached hydrogens (tertiary/aromatic N) is 3. The van der Waals surface area contributed by atoms with Crippen LogP contribution in [0.2, 0.25) is 0 Å². The van der Waals surface area contributed by atoms with E-state index in [0.29, 0.717) is 6.61 Å². The number of aromatic nitrogens is 2. The minimum atomic E-state index is 0.0309. The lowest BCUT2D eigenvalue weighted by Crippen LogP contribution is -2.35. The molecule has 0 bridgehead atoms. The molecule has 0 aliphatic carbocycles. The second-order valence-corrected chi connectivity index (χ2v) is 4.77. The van der Waals surface area contributed by atoms with Gasteiger partial charge in [-0.2, -0.15) is 0 Å². The van der Waals surface area contributed by atoms with Gasteiger partial charge < -0.3 is 19.7 Å². The van der Waals surface area contributed by atoms with Crippen molar-refractivity contribution in [3.8, 4) is 0 Å². The second-order valence-electron chi connectivity index (χ2n) is 4.77. The molecule has 1 fully saturated rings. The van der Waals surface area contributed by atoms with Crippen molar-refractivity contribution in [1.82, 2.24) is 14.9 Å². The van der Waals surface area contributed by atoms with E-state index >= 15 is 0 Å². The average Bonchev–Trinajstić information content (AvgIpc) is 2.38. The van der Waals surface area contributed by atoms with Crippen LogP contribution in [-0.4, -0.2) is 61.9 Å². The maximum Gasteiger partial charge on any atom is 0.130 e. The first-order valence-electron chi connectivity index (χ1n) is 6.57. The van der Waals surface area contributed by atoms with Crippen LogP contribution in [0.4, 0.5) is 5.82 Å². The van der Waals surface area contributed by atoms with Crippen molar-refractivity contribution < 1.29 is 9.47 Å². The van der Waals surface area contributed by atoms with Crippen LogP contribution in [0, 0.1) is 6.92 Å². The zero-order valence-corrected chi connectivity index (χ0v) is 11.8. The number of likely N-dealkylation sites (N-methyl/N-ethyl adjacent to an activating group) is 1. The van der Waals surface area contributed by atoms with E-state index in [-0.39, 0.29) is 6.10 Å². The molecule has 0 amide bonds. The van der Waals surface area contributed by atoms with Crippen LogP contribution in [0.25, 0.3) is 0 Å². The number of hydrogen-bond donors (Lipinski definition) is 1. The standard InChI is InChI=1S/C13H22N4O2/c1-10-15-11(12-9-17(2)5-7-19-12)8-13(16-10)14-4-6-18-3/h8,12H,4-7,9H2,1-3H3,(H,14,15,16)/t12-/m0/s1. The molecule has 1 aromatic heterocycles. The molecule has 0 unspecified atom stereocenters. The average molecular weight is 266 g/mol. The number of ether oxygens (including phenoxy) is 2. The highest BCUT2D eigenvalue weighted by Gasteiger charge is 2.21. The molecule has 1 aliphatic rings. The van der Waals surface area contributed by atoms with Gasteiger partial charge >= 0.3 is 0 Å². The zero-order chi connectivity index (χ0) is 13.7. The molecule has 6 nitrogen and oxygen atoms in total. The summed E-state index contributed by atoms with van der Waals surface area (Å²) >= 11 is 0. The van der Waals surface area contributed by atoms with Gasteiger partial charge in [-0.1, -0.05) is 0 Å². The fourth-order valence-electron chi connectivity index (χ4n) is 2.08. The third-order valence-corrected chi connectivity index (χ3v) is 3.07. The summed E-state index contributed by atoms with van der Waals surface area (Å²) in [7, 11) is 3.78. The lowest BCUT2D eigenvalue weighted by molar-refractivity contribution is -0.0232. The maximum absolute atomic E-state index is 5.79. The Labute approximate surface area is 114 Å². The van der Waals surface area contributed by atoms with Crippen LogP contribution in [0.1, 0.15) is 17.6 Å². The minimum absolute atomic E-state index is 0.0309. The van der Waals surface area contributed by atoms with Crippen LogP contribution in [0.3, 0.4) is 0 Å². The van der Waals surface area contributed by atoms with Crippen LogP contribution in [-0.2, 0) is 9.47 Å². The van der Waals surface area contributed by atoms with E-state index < -0.39 is 0 Å². The first-order chi connectivity index (χ1) is 9.19. The summed E-state index contributed by atoms with van der Waals surface area (Å²) in [6.07, 6.45) is 0.0309. The van der Waals surface area contributed by atoms with Gasteiger partial charge in [0, 0.05) is 32.8 Å². The first-order valence-corrected chi connectivity index (χ1v) is 6.57. The lowest BCUT2D eigenvalue weighted by Gasteiger charge is -2.29. The normalized spacial score (nSPS) is 20.5. The van der Waals surface area contributed by atoms with E-state index in [1.807, 2.05) is 13.0 Å². The highest BCUT2D eigenvalue weighted by molar-refractivity contribution is 5.36. The summed E-state index contributed by atoms with van der Waals surface area (Å²) in [4.78, 5) is 11.1. The summed E-state index contributed by atoms with van der Waals surface area (Å²) < 4.78 is 10.8. The number of hydrogen-bond acceptors (Lipinski definition) is 6. The third-order valence-electron chi connectivity index (χ3n) is 3.07. The molecule has 106 valence electrons. The van der Waals surface area contributed by atoms with E-state index in [0.717, 1.165) is 43.6 Å². The predicted molar refractivity (Wildman–Crippen MR) is 73.3 cm³/mol. The van der Waals surface area contributed by atoms with Crippen molar-refractivity contribution in [2.75, 3.05) is 52.3 Å². The third kappa shape index (κ3) is 4.12. The number of nitrogens with one attached hydrogen (secondary N) is 1. The molecule has 0 radical (unpaired) electrons. The number of methoxy groups -OCH3 is 1. The monoisotopic (exact) mass is 266 g/mol. The molecule has 1 N–H and O–H groups in total. The Morgan fingerprint density at radius 1 is 1.53 bits per heavy atom. The molecular formula is C13H22N4O2. The highest BCUT2D eigenvalue weighted by Crippen LogP contribution is 2.21. The van der Waals surface area contributed by atoms with Crippen molar-refractivity contribution in [3.63, 3.8) is 0 Å². The van der Waals surface area contributed by atoms with Gasteiger partial charge in [0.2, 0.25) is 0 Å². The van der Waals surface area contributed by atoms with Crippen molar-refractivity contribution in [2.45, 2.75) is 13.0 Å². The van der Waals surface area contributed by atoms with Crippen LogP contribution in [0.15, 0.2) is 6.07 Å². The largest absolute Gasteiger partial charge is 0.383 e. The summed E-state index contributed by atoms with van der Waals surface area (Å²) in [5, 5.41) is 3.23. The Morgan fingerprint density at radius 3 is 3.11 bits per heavy atom. The molecular weight excluding hydrogens is 244 g/mol. The molecule has 0 aromatic carbocycles. The molecule has 2 heterocycles. The SMILES string of the molecule is COCCNc1cc([C@@H]2CN(C)CCO2)nc(C)n1. The van der Waals surface area contributed by atoms with Gasteiger partial charge in [0.05, 0.1) is 18.9 Å². The van der Waals surface area contributed by atoms with E-state index in [2.05, 4.69) is 27.2 Å². The number of aryl methyl sites for hydroxylation is 1. The minimum Gasteiger partial charge on any atom is -0.383 e. The molecule has 0 spiro atoms. The van der Waals surface area contributed by atoms with Gasteiger partial charge in [-0.05, 0) is 14.0 Å². The fraction of sp³-hybridized carbons (Fsp3) is 0.692. The molecule has 6 heteroatoms. The van der Waals surface area contributed by atoms with Gasteiger partial charge in [0.15, 0.2) is 0 Å². The Morgan fingerprint density at radius 2 is 2.37 bits per heavy atom. The summed E-state index contributed by atoms with van der Waals surface area (Å²) in [6.45, 7) is 5.88. The summed E-state index contributed by atoms with van der Waals surface area (Å²) in [5.41, 5.74) is 0.943. The number of rotatable bonds is 5. The molecule has 1 atom stereocenters. The molecule has 1 aromatic rings. The van der Waals surface area contributed by atoms with Gasteiger partial charge in [-0.15, -0.1) is 0 Å². The Bertz CT molecular complexity index is 414.